The first-order valence-corrected chi connectivity index (χ1v) is 7.79. The van der Waals surface area contributed by atoms with Crippen LogP contribution in [0.2, 0.25) is 0 Å². The molecule has 1 N–H and O–H groups in total. The van der Waals surface area contributed by atoms with Crippen LogP contribution in [0, 0.1) is 6.92 Å². The predicted octanol–water partition coefficient (Wildman–Crippen LogP) is 2.75. The summed E-state index contributed by atoms with van der Waals surface area (Å²) in [6, 6.07) is 7.64. The van der Waals surface area contributed by atoms with Crippen LogP contribution in [0.4, 0.5) is 5.69 Å². The number of anilines is 1. The van der Waals surface area contributed by atoms with Crippen molar-refractivity contribution >= 4 is 50.9 Å². The second-order valence-corrected chi connectivity index (χ2v) is 6.16. The van der Waals surface area contributed by atoms with Gasteiger partial charge in [-0.2, -0.15) is 5.10 Å². The zero-order valence-electron chi connectivity index (χ0n) is 12.0. The number of para-hydroxylation sites is 1. The average molecular weight is 377 g/mol. The summed E-state index contributed by atoms with van der Waals surface area (Å²) < 4.78 is 2.50. The van der Waals surface area contributed by atoms with E-state index in [1.807, 2.05) is 38.2 Å². The summed E-state index contributed by atoms with van der Waals surface area (Å²) in [5.74, 6) is -0.174. The van der Waals surface area contributed by atoms with Gasteiger partial charge in [-0.3, -0.25) is 14.4 Å². The minimum atomic E-state index is -0.174. The first kappa shape index (κ1) is 14.9. The van der Waals surface area contributed by atoms with Crippen molar-refractivity contribution in [1.29, 1.82) is 0 Å². The maximum Gasteiger partial charge on any atom is 0.281 e. The number of carbonyl (C=O) groups excluding carboxylic acids is 1. The van der Waals surface area contributed by atoms with E-state index in [4.69, 9.17) is 12.2 Å². The molecule has 2 aromatic rings. The van der Waals surface area contributed by atoms with Crippen LogP contribution in [0.3, 0.4) is 0 Å². The molecule has 0 bridgehead atoms. The van der Waals surface area contributed by atoms with Gasteiger partial charge in [0.1, 0.15) is 5.70 Å². The van der Waals surface area contributed by atoms with E-state index in [2.05, 4.69) is 26.3 Å². The van der Waals surface area contributed by atoms with Gasteiger partial charge in [0.05, 0.1) is 22.1 Å². The Labute approximate surface area is 141 Å². The van der Waals surface area contributed by atoms with Crippen molar-refractivity contribution < 1.29 is 4.79 Å². The number of rotatable bonds is 2. The number of thiocarbonyl (C=S) groups is 1. The largest absolute Gasteiger partial charge is 0.327 e. The van der Waals surface area contributed by atoms with E-state index >= 15 is 0 Å². The highest BCUT2D eigenvalue weighted by Gasteiger charge is 2.33. The number of carbonyl (C=O) groups is 1. The second-order valence-electron chi connectivity index (χ2n) is 4.92. The molecular formula is C15H13BrN4OS. The van der Waals surface area contributed by atoms with Gasteiger partial charge < -0.3 is 5.32 Å². The summed E-state index contributed by atoms with van der Waals surface area (Å²) in [5.41, 5.74) is 3.00. The summed E-state index contributed by atoms with van der Waals surface area (Å²) in [7, 11) is 1.81. The zero-order chi connectivity index (χ0) is 15.9. The first-order valence-electron chi connectivity index (χ1n) is 6.59. The Hall–Kier alpha value is -1.99. The minimum Gasteiger partial charge on any atom is -0.327 e. The van der Waals surface area contributed by atoms with Gasteiger partial charge in [-0.05, 0) is 52.8 Å². The van der Waals surface area contributed by atoms with Crippen LogP contribution in [-0.4, -0.2) is 20.8 Å². The maximum atomic E-state index is 12.7. The summed E-state index contributed by atoms with van der Waals surface area (Å²) in [6.45, 7) is 1.95. The fourth-order valence-electron chi connectivity index (χ4n) is 2.29. The van der Waals surface area contributed by atoms with Crippen molar-refractivity contribution in [3.8, 4) is 0 Å². The quantitative estimate of drug-likeness (QED) is 0.646. The van der Waals surface area contributed by atoms with Crippen LogP contribution in [0.5, 0.6) is 0 Å². The highest BCUT2D eigenvalue weighted by molar-refractivity contribution is 9.10. The van der Waals surface area contributed by atoms with Gasteiger partial charge in [0, 0.05) is 7.05 Å². The monoisotopic (exact) mass is 376 g/mol. The van der Waals surface area contributed by atoms with Gasteiger partial charge in [0.25, 0.3) is 5.91 Å². The highest BCUT2D eigenvalue weighted by atomic mass is 79.9. The van der Waals surface area contributed by atoms with Crippen LogP contribution < -0.4 is 10.2 Å². The number of aryl methyl sites for hydroxylation is 2. The van der Waals surface area contributed by atoms with Crippen molar-refractivity contribution in [2.45, 2.75) is 6.92 Å². The third kappa shape index (κ3) is 2.46. The molecule has 112 valence electrons. The lowest BCUT2D eigenvalue weighted by molar-refractivity contribution is -0.113. The van der Waals surface area contributed by atoms with Gasteiger partial charge in [0.15, 0.2) is 5.11 Å². The topological polar surface area (TPSA) is 50.2 Å². The molecule has 1 fully saturated rings. The molecule has 1 aromatic carbocycles. The number of aromatic nitrogens is 2. The van der Waals surface area contributed by atoms with Crippen molar-refractivity contribution in [1.82, 2.24) is 15.1 Å². The Morgan fingerprint density at radius 3 is 2.73 bits per heavy atom. The molecule has 1 amide bonds. The SMILES string of the molecule is Cc1ccccc1N1C(=O)/C(=C\c2c(Br)cnn2C)NC1=S. The number of nitrogens with zero attached hydrogens (tertiary/aromatic N) is 3. The highest BCUT2D eigenvalue weighted by Crippen LogP contribution is 2.26. The number of hydrogen-bond acceptors (Lipinski definition) is 3. The lowest BCUT2D eigenvalue weighted by Gasteiger charge is -2.16. The van der Waals surface area contributed by atoms with E-state index < -0.39 is 0 Å². The maximum absolute atomic E-state index is 12.7. The number of nitrogens with one attached hydrogen (secondary N) is 1. The first-order chi connectivity index (χ1) is 10.5. The van der Waals surface area contributed by atoms with E-state index in [9.17, 15) is 4.79 Å². The van der Waals surface area contributed by atoms with Crippen molar-refractivity contribution in [2.24, 2.45) is 7.05 Å². The van der Waals surface area contributed by atoms with E-state index in [1.54, 1.807) is 17.0 Å². The van der Waals surface area contributed by atoms with E-state index in [1.165, 1.54) is 4.90 Å². The number of benzene rings is 1. The molecule has 0 atom stereocenters. The summed E-state index contributed by atoms with van der Waals surface area (Å²) in [6.07, 6.45) is 3.42. The van der Waals surface area contributed by atoms with E-state index in [0.29, 0.717) is 10.8 Å². The molecule has 0 aliphatic carbocycles. The molecule has 0 spiro atoms. The normalized spacial score (nSPS) is 16.5. The van der Waals surface area contributed by atoms with Gasteiger partial charge in [-0.1, -0.05) is 18.2 Å². The standard InChI is InChI=1S/C15H13BrN4OS/c1-9-5-3-4-6-12(9)20-14(21)11(18-15(20)22)7-13-10(16)8-17-19(13)2/h3-8H,1-2H3,(H,18,22)/b11-7+. The van der Waals surface area contributed by atoms with E-state index in [-0.39, 0.29) is 5.91 Å². The van der Waals surface area contributed by atoms with Crippen molar-refractivity contribution in [2.75, 3.05) is 4.90 Å². The van der Waals surface area contributed by atoms with Crippen molar-refractivity contribution in [3.63, 3.8) is 0 Å². The molecule has 1 aliphatic heterocycles. The summed E-state index contributed by atoms with van der Waals surface area (Å²) >= 11 is 8.73. The average Bonchev–Trinajstić information content (AvgIpc) is 2.94. The molecule has 22 heavy (non-hydrogen) atoms. The number of hydrogen-bond donors (Lipinski definition) is 1. The lowest BCUT2D eigenvalue weighted by atomic mass is 10.2. The van der Waals surface area contributed by atoms with Crippen LogP contribution in [0.15, 0.2) is 40.6 Å². The van der Waals surface area contributed by atoms with Gasteiger partial charge >= 0.3 is 0 Å². The third-order valence-corrected chi connectivity index (χ3v) is 4.35. The Bertz CT molecular complexity index is 792. The zero-order valence-corrected chi connectivity index (χ0v) is 14.4. The third-order valence-electron chi connectivity index (χ3n) is 3.45. The van der Waals surface area contributed by atoms with Gasteiger partial charge in [-0.25, -0.2) is 0 Å². The Morgan fingerprint density at radius 1 is 1.36 bits per heavy atom. The predicted molar refractivity (Wildman–Crippen MR) is 93.3 cm³/mol. The number of halogens is 1. The molecule has 7 heteroatoms. The Kier molecular flexibility index (Phi) is 3.84. The molecule has 2 heterocycles. The molecule has 0 saturated carbocycles. The van der Waals surface area contributed by atoms with Crippen molar-refractivity contribution in [3.05, 3.63) is 51.9 Å². The molecule has 0 radical (unpaired) electrons. The molecule has 3 rings (SSSR count). The molecule has 5 nitrogen and oxygen atoms in total. The van der Waals surface area contributed by atoms with Gasteiger partial charge in [-0.15, -0.1) is 0 Å². The molecule has 1 saturated heterocycles. The van der Waals surface area contributed by atoms with Crippen LogP contribution in [0.25, 0.3) is 6.08 Å². The van der Waals surface area contributed by atoms with Crippen LogP contribution in [-0.2, 0) is 11.8 Å². The molecule has 1 aliphatic rings. The fraction of sp³-hybridized carbons (Fsp3) is 0.133. The number of amides is 1. The molecule has 1 aromatic heterocycles. The molecular weight excluding hydrogens is 364 g/mol. The lowest BCUT2D eigenvalue weighted by Crippen LogP contribution is -2.30. The fourth-order valence-corrected chi connectivity index (χ4v) is 3.04. The Morgan fingerprint density at radius 2 is 2.09 bits per heavy atom. The van der Waals surface area contributed by atoms with Gasteiger partial charge in [0.2, 0.25) is 0 Å². The minimum absolute atomic E-state index is 0.174. The van der Waals surface area contributed by atoms with Crippen LogP contribution >= 0.6 is 28.1 Å². The van der Waals surface area contributed by atoms with E-state index in [0.717, 1.165) is 21.4 Å². The second kappa shape index (κ2) is 5.66. The molecule has 0 unspecified atom stereocenters. The Balaban J connectivity index is 2.01. The smallest absolute Gasteiger partial charge is 0.281 e. The van der Waals surface area contributed by atoms with Crippen LogP contribution in [0.1, 0.15) is 11.3 Å². The summed E-state index contributed by atoms with van der Waals surface area (Å²) in [5, 5.41) is 7.49. The summed E-state index contributed by atoms with van der Waals surface area (Å²) in [4.78, 5) is 14.2.